The quantitative estimate of drug-likeness (QED) is 0.623. The Morgan fingerprint density at radius 1 is 1.42 bits per heavy atom. The van der Waals surface area contributed by atoms with Gasteiger partial charge < -0.3 is 10.2 Å². The molecule has 0 aliphatic heterocycles. The number of allylic oxidation sites excluding steroid dienone is 1. The average molecular weight is 172 g/mol. The molecule has 12 heavy (non-hydrogen) atoms. The molecule has 0 aromatic carbocycles. The van der Waals surface area contributed by atoms with Crippen LogP contribution >= 0.6 is 0 Å². The molecule has 0 bridgehead atoms. The summed E-state index contributed by atoms with van der Waals surface area (Å²) in [5.74, 6) is -2.47. The lowest BCUT2D eigenvalue weighted by Gasteiger charge is -2.08. The van der Waals surface area contributed by atoms with Crippen LogP contribution in [0, 0.1) is 5.92 Å². The molecule has 0 saturated carbocycles. The molecule has 0 amide bonds. The first-order valence-electron chi connectivity index (χ1n) is 3.60. The zero-order valence-electron chi connectivity index (χ0n) is 7.07. The van der Waals surface area contributed by atoms with Crippen LogP contribution in [-0.4, -0.2) is 22.2 Å². The highest BCUT2D eigenvalue weighted by molar-refractivity contribution is 5.87. The van der Waals surface area contributed by atoms with E-state index in [1.54, 1.807) is 13.8 Å². The molecule has 4 heteroatoms. The summed E-state index contributed by atoms with van der Waals surface area (Å²) < 4.78 is 0. The van der Waals surface area contributed by atoms with E-state index in [9.17, 15) is 9.59 Å². The fourth-order valence-corrected chi connectivity index (χ4v) is 0.991. The van der Waals surface area contributed by atoms with Crippen molar-refractivity contribution >= 4 is 11.9 Å². The third kappa shape index (κ3) is 3.18. The lowest BCUT2D eigenvalue weighted by atomic mass is 9.98. The van der Waals surface area contributed by atoms with Crippen LogP contribution in [0.1, 0.15) is 20.3 Å². The zero-order chi connectivity index (χ0) is 9.72. The fraction of sp³-hybridized carbons (Fsp3) is 0.500. The van der Waals surface area contributed by atoms with Gasteiger partial charge in [0.2, 0.25) is 0 Å². The fourth-order valence-electron chi connectivity index (χ4n) is 0.991. The number of hydrogen-bond acceptors (Lipinski definition) is 2. The molecule has 0 fully saturated rings. The minimum absolute atomic E-state index is 0.147. The molecule has 0 spiro atoms. The largest absolute Gasteiger partial charge is 0.481 e. The van der Waals surface area contributed by atoms with Gasteiger partial charge in [-0.15, -0.1) is 0 Å². The predicted molar refractivity (Wildman–Crippen MR) is 42.8 cm³/mol. The van der Waals surface area contributed by atoms with Gasteiger partial charge in [-0.1, -0.05) is 13.0 Å². The second kappa shape index (κ2) is 4.54. The van der Waals surface area contributed by atoms with Crippen molar-refractivity contribution in [1.82, 2.24) is 0 Å². The molecule has 1 unspecified atom stereocenters. The summed E-state index contributed by atoms with van der Waals surface area (Å²) in [7, 11) is 0. The topological polar surface area (TPSA) is 74.6 Å². The van der Waals surface area contributed by atoms with Crippen molar-refractivity contribution in [2.45, 2.75) is 20.3 Å². The molecule has 0 aliphatic carbocycles. The van der Waals surface area contributed by atoms with Gasteiger partial charge in [0.25, 0.3) is 0 Å². The maximum Gasteiger partial charge on any atom is 0.331 e. The van der Waals surface area contributed by atoms with E-state index in [1.165, 1.54) is 6.08 Å². The van der Waals surface area contributed by atoms with Crippen LogP contribution in [0.2, 0.25) is 0 Å². The minimum atomic E-state index is -1.05. The van der Waals surface area contributed by atoms with Gasteiger partial charge in [-0.05, 0) is 12.8 Å². The van der Waals surface area contributed by atoms with Gasteiger partial charge in [0.1, 0.15) is 0 Å². The van der Waals surface area contributed by atoms with Gasteiger partial charge in [0, 0.05) is 5.57 Å². The van der Waals surface area contributed by atoms with Crippen molar-refractivity contribution in [3.05, 3.63) is 11.6 Å². The Bertz CT molecular complexity index is 217. The Hall–Kier alpha value is -1.32. The number of carbonyl (C=O) groups is 2. The van der Waals surface area contributed by atoms with Crippen molar-refractivity contribution in [1.29, 1.82) is 0 Å². The molecule has 0 heterocycles. The second-order valence-corrected chi connectivity index (χ2v) is 2.55. The van der Waals surface area contributed by atoms with Crippen molar-refractivity contribution in [2.75, 3.05) is 0 Å². The first-order valence-corrected chi connectivity index (χ1v) is 3.60. The van der Waals surface area contributed by atoms with Crippen LogP contribution in [0.3, 0.4) is 0 Å². The Morgan fingerprint density at radius 3 is 2.17 bits per heavy atom. The van der Waals surface area contributed by atoms with Gasteiger partial charge in [0.05, 0.1) is 6.42 Å². The highest BCUT2D eigenvalue weighted by Crippen LogP contribution is 2.14. The highest BCUT2D eigenvalue weighted by Gasteiger charge is 2.17. The molecule has 0 aromatic heterocycles. The van der Waals surface area contributed by atoms with E-state index in [0.29, 0.717) is 0 Å². The van der Waals surface area contributed by atoms with Crippen molar-refractivity contribution in [3.63, 3.8) is 0 Å². The minimum Gasteiger partial charge on any atom is -0.481 e. The van der Waals surface area contributed by atoms with E-state index in [2.05, 4.69) is 0 Å². The lowest BCUT2D eigenvalue weighted by molar-refractivity contribution is -0.138. The summed E-state index contributed by atoms with van der Waals surface area (Å²) in [4.78, 5) is 20.7. The molecule has 68 valence electrons. The first-order chi connectivity index (χ1) is 5.49. The van der Waals surface area contributed by atoms with Crippen LogP contribution in [0.4, 0.5) is 0 Å². The Morgan fingerprint density at radius 2 is 1.92 bits per heavy atom. The third-order valence-electron chi connectivity index (χ3n) is 1.57. The van der Waals surface area contributed by atoms with Crippen LogP contribution in [0.15, 0.2) is 11.6 Å². The van der Waals surface area contributed by atoms with Crippen molar-refractivity contribution in [2.24, 2.45) is 5.92 Å². The summed E-state index contributed by atoms with van der Waals surface area (Å²) in [5, 5.41) is 17.0. The number of rotatable bonds is 4. The molecule has 0 rings (SSSR count). The van der Waals surface area contributed by atoms with Crippen LogP contribution in [0.5, 0.6) is 0 Å². The van der Waals surface area contributed by atoms with E-state index in [1.807, 2.05) is 0 Å². The standard InChI is InChI=1S/C8H12O4/c1-3-6(8(11)12)5(2)4-7(9)10/h3,5H,4H2,1-2H3,(H,9,10)(H,11,12). The average Bonchev–Trinajstić information content (AvgIpc) is 1.85. The number of carboxylic acids is 2. The normalized spacial score (nSPS) is 14.0. The summed E-state index contributed by atoms with van der Waals surface area (Å²) >= 11 is 0. The summed E-state index contributed by atoms with van der Waals surface area (Å²) in [6, 6.07) is 0. The number of carboxylic acid groups (broad SMARTS) is 2. The van der Waals surface area contributed by atoms with Gasteiger partial charge >= 0.3 is 11.9 Å². The van der Waals surface area contributed by atoms with Gasteiger partial charge in [-0.25, -0.2) is 4.79 Å². The van der Waals surface area contributed by atoms with Gasteiger partial charge in [-0.3, -0.25) is 4.79 Å². The van der Waals surface area contributed by atoms with E-state index in [-0.39, 0.29) is 12.0 Å². The van der Waals surface area contributed by atoms with Crippen LogP contribution in [-0.2, 0) is 9.59 Å². The zero-order valence-corrected chi connectivity index (χ0v) is 7.07. The summed E-state index contributed by atoms with van der Waals surface area (Å²) in [5.41, 5.74) is 0.150. The maximum absolute atomic E-state index is 10.5. The first kappa shape index (κ1) is 10.7. The Balaban J connectivity index is 4.34. The molecule has 0 saturated heterocycles. The SMILES string of the molecule is CC=C(C(=O)O)C(C)CC(=O)O. The Kier molecular flexibility index (Phi) is 4.04. The van der Waals surface area contributed by atoms with E-state index < -0.39 is 17.9 Å². The molecular formula is C8H12O4. The molecule has 4 nitrogen and oxygen atoms in total. The van der Waals surface area contributed by atoms with E-state index in [0.717, 1.165) is 0 Å². The molecule has 0 aromatic rings. The van der Waals surface area contributed by atoms with Gasteiger partial charge in [-0.2, -0.15) is 0 Å². The van der Waals surface area contributed by atoms with Crippen molar-refractivity contribution in [3.8, 4) is 0 Å². The molecule has 1 atom stereocenters. The number of aliphatic carboxylic acids is 2. The lowest BCUT2D eigenvalue weighted by Crippen LogP contribution is -2.13. The highest BCUT2D eigenvalue weighted by atomic mass is 16.4. The maximum atomic E-state index is 10.5. The third-order valence-corrected chi connectivity index (χ3v) is 1.57. The summed E-state index contributed by atoms with van der Waals surface area (Å²) in [6.07, 6.45) is 1.28. The monoisotopic (exact) mass is 172 g/mol. The smallest absolute Gasteiger partial charge is 0.331 e. The van der Waals surface area contributed by atoms with Gasteiger partial charge in [0.15, 0.2) is 0 Å². The van der Waals surface area contributed by atoms with Crippen LogP contribution in [0.25, 0.3) is 0 Å². The van der Waals surface area contributed by atoms with E-state index in [4.69, 9.17) is 10.2 Å². The molecule has 2 N–H and O–H groups in total. The summed E-state index contributed by atoms with van der Waals surface area (Å²) in [6.45, 7) is 3.17. The van der Waals surface area contributed by atoms with Crippen LogP contribution < -0.4 is 0 Å². The Labute approximate surface area is 70.5 Å². The predicted octanol–water partition coefficient (Wildman–Crippen LogP) is 1.13. The van der Waals surface area contributed by atoms with E-state index >= 15 is 0 Å². The van der Waals surface area contributed by atoms with Crippen molar-refractivity contribution < 1.29 is 19.8 Å². The molecular weight excluding hydrogens is 160 g/mol. The number of hydrogen-bond donors (Lipinski definition) is 2. The molecule has 0 radical (unpaired) electrons. The molecule has 0 aliphatic rings. The second-order valence-electron chi connectivity index (χ2n) is 2.55.